The summed E-state index contributed by atoms with van der Waals surface area (Å²) in [6.07, 6.45) is -0.974. The van der Waals surface area contributed by atoms with Crippen LogP contribution >= 0.6 is 11.6 Å². The molecule has 0 spiro atoms. The number of carbonyl (C=O) groups is 3. The number of carbonyl (C=O) groups excluding carboxylic acids is 3. The number of rotatable bonds is 6. The molecule has 2 rings (SSSR count). The number of esters is 1. The molecular formula is C19H21ClN2O4. The highest BCUT2D eigenvalue weighted by Crippen LogP contribution is 2.19. The molecule has 0 saturated carbocycles. The number of nitrogens with one attached hydrogen (secondary N) is 2. The van der Waals surface area contributed by atoms with Crippen LogP contribution in [-0.2, 0) is 16.1 Å². The summed E-state index contributed by atoms with van der Waals surface area (Å²) in [7, 11) is 0. The van der Waals surface area contributed by atoms with Gasteiger partial charge in [-0.25, -0.2) is 4.79 Å². The second-order valence-electron chi connectivity index (χ2n) is 6.07. The molecule has 0 aliphatic heterocycles. The van der Waals surface area contributed by atoms with Gasteiger partial charge in [-0.2, -0.15) is 0 Å². The van der Waals surface area contributed by atoms with Crippen molar-refractivity contribution in [3.05, 3.63) is 57.4 Å². The number of ether oxygens (including phenoxy) is 1. The lowest BCUT2D eigenvalue weighted by Gasteiger charge is -2.13. The summed E-state index contributed by atoms with van der Waals surface area (Å²) >= 11 is 5.82. The van der Waals surface area contributed by atoms with Gasteiger partial charge in [0, 0.05) is 22.8 Å². The number of hydrogen-bond donors (Lipinski definition) is 2. The second-order valence-corrected chi connectivity index (χ2v) is 6.51. The number of Topliss-reactive ketones (excluding diaryl/α,β-unsaturated/α-hetero) is 1. The zero-order chi connectivity index (χ0) is 19.4. The number of aromatic nitrogens is 1. The Balaban J connectivity index is 1.98. The van der Waals surface area contributed by atoms with E-state index in [0.29, 0.717) is 28.4 Å². The van der Waals surface area contributed by atoms with Gasteiger partial charge in [0.05, 0.1) is 0 Å². The molecule has 1 aromatic heterocycles. The molecule has 0 aliphatic rings. The minimum Gasteiger partial charge on any atom is -0.448 e. The van der Waals surface area contributed by atoms with Crippen molar-refractivity contribution < 1.29 is 19.1 Å². The molecule has 2 aromatic rings. The van der Waals surface area contributed by atoms with Crippen LogP contribution in [0.5, 0.6) is 0 Å². The molecule has 1 heterocycles. The summed E-state index contributed by atoms with van der Waals surface area (Å²) in [4.78, 5) is 39.0. The highest BCUT2D eigenvalue weighted by atomic mass is 35.5. The molecule has 1 amide bonds. The van der Waals surface area contributed by atoms with Crippen LogP contribution in [-0.4, -0.2) is 28.7 Å². The van der Waals surface area contributed by atoms with Crippen molar-refractivity contribution >= 4 is 29.3 Å². The Morgan fingerprint density at radius 2 is 1.81 bits per heavy atom. The van der Waals surface area contributed by atoms with Crippen molar-refractivity contribution in [1.29, 1.82) is 0 Å². The van der Waals surface area contributed by atoms with Crippen molar-refractivity contribution in [3.8, 4) is 0 Å². The van der Waals surface area contributed by atoms with Crippen molar-refractivity contribution in [2.45, 2.75) is 40.3 Å². The van der Waals surface area contributed by atoms with Gasteiger partial charge in [-0.05, 0) is 51.0 Å². The fraction of sp³-hybridized carbons (Fsp3) is 0.316. The molecular weight excluding hydrogens is 356 g/mol. The quantitative estimate of drug-likeness (QED) is 0.597. The van der Waals surface area contributed by atoms with E-state index in [-0.39, 0.29) is 11.5 Å². The van der Waals surface area contributed by atoms with Crippen LogP contribution in [0.25, 0.3) is 0 Å². The average Bonchev–Trinajstić information content (AvgIpc) is 2.88. The third kappa shape index (κ3) is 4.52. The van der Waals surface area contributed by atoms with Gasteiger partial charge in [0.1, 0.15) is 5.69 Å². The van der Waals surface area contributed by atoms with Gasteiger partial charge in [0.15, 0.2) is 11.9 Å². The molecule has 1 atom stereocenters. The number of halogens is 1. The molecule has 6 nitrogen and oxygen atoms in total. The SMILES string of the molecule is CC(=O)c1c(C)[nH]c(C(=O)OC(C)C(=O)NCc2ccc(Cl)cc2)c1C. The number of ketones is 1. The van der Waals surface area contributed by atoms with E-state index in [1.165, 1.54) is 13.8 Å². The lowest BCUT2D eigenvalue weighted by atomic mass is 10.1. The Labute approximate surface area is 156 Å². The van der Waals surface area contributed by atoms with Gasteiger partial charge in [0.2, 0.25) is 0 Å². The molecule has 0 saturated heterocycles. The van der Waals surface area contributed by atoms with Crippen LogP contribution in [0.3, 0.4) is 0 Å². The van der Waals surface area contributed by atoms with E-state index in [4.69, 9.17) is 16.3 Å². The molecule has 0 bridgehead atoms. The molecule has 1 unspecified atom stereocenters. The largest absolute Gasteiger partial charge is 0.448 e. The van der Waals surface area contributed by atoms with Gasteiger partial charge < -0.3 is 15.0 Å². The second kappa shape index (κ2) is 8.19. The normalized spacial score (nSPS) is 11.7. The van der Waals surface area contributed by atoms with Crippen molar-refractivity contribution in [1.82, 2.24) is 10.3 Å². The summed E-state index contributed by atoms with van der Waals surface area (Å²) in [5.74, 6) is -1.22. The maximum atomic E-state index is 12.3. The number of aryl methyl sites for hydroxylation is 1. The molecule has 0 radical (unpaired) electrons. The first kappa shape index (κ1) is 19.7. The maximum absolute atomic E-state index is 12.3. The van der Waals surface area contributed by atoms with E-state index in [1.807, 2.05) is 0 Å². The van der Waals surface area contributed by atoms with E-state index < -0.39 is 18.0 Å². The smallest absolute Gasteiger partial charge is 0.355 e. The Morgan fingerprint density at radius 1 is 1.19 bits per heavy atom. The third-order valence-corrected chi connectivity index (χ3v) is 4.28. The zero-order valence-electron chi connectivity index (χ0n) is 15.1. The topological polar surface area (TPSA) is 88.3 Å². The summed E-state index contributed by atoms with van der Waals surface area (Å²) in [6.45, 7) is 6.61. The number of H-pyrrole nitrogens is 1. The van der Waals surface area contributed by atoms with Gasteiger partial charge >= 0.3 is 5.97 Å². The molecule has 0 fully saturated rings. The molecule has 26 heavy (non-hydrogen) atoms. The molecule has 2 N–H and O–H groups in total. The minimum absolute atomic E-state index is 0.135. The summed E-state index contributed by atoms with van der Waals surface area (Å²) in [5, 5.41) is 3.32. The monoisotopic (exact) mass is 376 g/mol. The Hall–Kier alpha value is -2.60. The number of aromatic amines is 1. The highest BCUT2D eigenvalue weighted by molar-refractivity contribution is 6.30. The lowest BCUT2D eigenvalue weighted by Crippen LogP contribution is -2.35. The highest BCUT2D eigenvalue weighted by Gasteiger charge is 2.24. The van der Waals surface area contributed by atoms with Gasteiger partial charge in [-0.15, -0.1) is 0 Å². The third-order valence-electron chi connectivity index (χ3n) is 4.03. The predicted molar refractivity (Wildman–Crippen MR) is 98.4 cm³/mol. The van der Waals surface area contributed by atoms with Crippen LogP contribution in [0.2, 0.25) is 5.02 Å². The van der Waals surface area contributed by atoms with Gasteiger partial charge in [0.25, 0.3) is 5.91 Å². The van der Waals surface area contributed by atoms with Crippen molar-refractivity contribution in [2.75, 3.05) is 0 Å². The Kier molecular flexibility index (Phi) is 6.21. The van der Waals surface area contributed by atoms with Crippen LogP contribution in [0.15, 0.2) is 24.3 Å². The first-order valence-electron chi connectivity index (χ1n) is 8.14. The first-order chi connectivity index (χ1) is 12.2. The summed E-state index contributed by atoms with van der Waals surface area (Å²) in [6, 6.07) is 7.06. The minimum atomic E-state index is -0.974. The fourth-order valence-corrected chi connectivity index (χ4v) is 2.82. The zero-order valence-corrected chi connectivity index (χ0v) is 15.9. The number of amides is 1. The molecule has 138 valence electrons. The first-order valence-corrected chi connectivity index (χ1v) is 8.51. The van der Waals surface area contributed by atoms with Crippen LogP contribution in [0, 0.1) is 13.8 Å². The van der Waals surface area contributed by atoms with Crippen LogP contribution in [0.1, 0.15) is 51.5 Å². The van der Waals surface area contributed by atoms with Crippen LogP contribution in [0.4, 0.5) is 0 Å². The average molecular weight is 377 g/mol. The summed E-state index contributed by atoms with van der Waals surface area (Å²) in [5.41, 5.74) is 2.65. The van der Waals surface area contributed by atoms with E-state index in [2.05, 4.69) is 10.3 Å². The number of hydrogen-bond acceptors (Lipinski definition) is 4. The maximum Gasteiger partial charge on any atom is 0.355 e. The molecule has 1 aromatic carbocycles. The van der Waals surface area contributed by atoms with E-state index >= 15 is 0 Å². The number of benzene rings is 1. The fourth-order valence-electron chi connectivity index (χ4n) is 2.69. The molecule has 7 heteroatoms. The van der Waals surface area contributed by atoms with Gasteiger partial charge in [-0.1, -0.05) is 23.7 Å². The van der Waals surface area contributed by atoms with E-state index in [1.54, 1.807) is 38.1 Å². The predicted octanol–water partition coefficient (Wildman–Crippen LogP) is 3.35. The van der Waals surface area contributed by atoms with E-state index in [0.717, 1.165) is 5.56 Å². The molecule has 0 aliphatic carbocycles. The van der Waals surface area contributed by atoms with Gasteiger partial charge in [-0.3, -0.25) is 9.59 Å². The van der Waals surface area contributed by atoms with Crippen molar-refractivity contribution in [2.24, 2.45) is 0 Å². The van der Waals surface area contributed by atoms with E-state index in [9.17, 15) is 14.4 Å². The standard InChI is InChI=1S/C19H21ClN2O4/c1-10-16(12(3)23)11(2)22-17(10)19(25)26-13(4)18(24)21-9-14-5-7-15(20)8-6-14/h5-8,13,22H,9H2,1-4H3,(H,21,24). The Morgan fingerprint density at radius 3 is 2.35 bits per heavy atom. The van der Waals surface area contributed by atoms with Crippen LogP contribution < -0.4 is 5.32 Å². The lowest BCUT2D eigenvalue weighted by molar-refractivity contribution is -0.129. The van der Waals surface area contributed by atoms with Crippen molar-refractivity contribution in [3.63, 3.8) is 0 Å². The summed E-state index contributed by atoms with van der Waals surface area (Å²) < 4.78 is 5.22. The Bertz CT molecular complexity index is 840.